The van der Waals surface area contributed by atoms with Gasteiger partial charge in [-0.3, -0.25) is 0 Å². The van der Waals surface area contributed by atoms with E-state index in [4.69, 9.17) is 5.11 Å². The summed E-state index contributed by atoms with van der Waals surface area (Å²) in [6.07, 6.45) is 1.29. The van der Waals surface area contributed by atoms with Gasteiger partial charge in [0.15, 0.2) is 0 Å². The molecule has 0 radical (unpaired) electrons. The average Bonchev–Trinajstić information content (AvgIpc) is 2.38. The Bertz CT molecular complexity index is 559. The highest BCUT2D eigenvalue weighted by molar-refractivity contribution is 5.77. The maximum absolute atomic E-state index is 11.0. The van der Waals surface area contributed by atoms with Gasteiger partial charge in [-0.05, 0) is 18.6 Å². The molecular formula is C12H14N4O2. The van der Waals surface area contributed by atoms with E-state index in [1.54, 1.807) is 6.07 Å². The van der Waals surface area contributed by atoms with E-state index in [-0.39, 0.29) is 5.95 Å². The van der Waals surface area contributed by atoms with Crippen LogP contribution in [0.1, 0.15) is 19.8 Å². The molecule has 2 N–H and O–H groups in total. The zero-order chi connectivity index (χ0) is 13.0. The fourth-order valence-corrected chi connectivity index (χ4v) is 1.64. The lowest BCUT2D eigenvalue weighted by Gasteiger charge is -2.12. The van der Waals surface area contributed by atoms with E-state index >= 15 is 0 Å². The van der Waals surface area contributed by atoms with Gasteiger partial charge in [0.1, 0.15) is 11.6 Å². The number of anilines is 1. The lowest BCUT2D eigenvalue weighted by Crippen LogP contribution is -2.30. The minimum Gasteiger partial charge on any atom is -0.480 e. The average molecular weight is 246 g/mol. The first-order chi connectivity index (χ1) is 8.70. The monoisotopic (exact) mass is 246 g/mol. The van der Waals surface area contributed by atoms with E-state index in [0.29, 0.717) is 17.5 Å². The van der Waals surface area contributed by atoms with E-state index in [1.165, 1.54) is 0 Å². The molecule has 1 atom stereocenters. The molecule has 2 rings (SSSR count). The summed E-state index contributed by atoms with van der Waals surface area (Å²) in [5.74, 6) is -0.664. The molecule has 0 saturated heterocycles. The number of fused-ring (bicyclic) bond motifs is 1. The van der Waals surface area contributed by atoms with E-state index in [2.05, 4.69) is 20.5 Å². The first kappa shape index (κ1) is 12.2. The molecule has 94 valence electrons. The normalized spacial score (nSPS) is 12.3. The van der Waals surface area contributed by atoms with Crippen LogP contribution >= 0.6 is 0 Å². The fraction of sp³-hybridized carbons (Fsp3) is 0.333. The van der Waals surface area contributed by atoms with Crippen molar-refractivity contribution >= 4 is 23.0 Å². The number of carboxylic acid groups (broad SMARTS) is 1. The minimum absolute atomic E-state index is 0.245. The summed E-state index contributed by atoms with van der Waals surface area (Å²) in [4.78, 5) is 15.3. The molecule has 1 heterocycles. The molecule has 1 aromatic carbocycles. The number of hydrogen-bond donors (Lipinski definition) is 2. The van der Waals surface area contributed by atoms with Gasteiger partial charge in [0.2, 0.25) is 5.95 Å². The van der Waals surface area contributed by atoms with Crippen LogP contribution in [0.25, 0.3) is 11.0 Å². The molecule has 1 unspecified atom stereocenters. The van der Waals surface area contributed by atoms with Crippen molar-refractivity contribution in [3.63, 3.8) is 0 Å². The Labute approximate surface area is 104 Å². The third-order valence-electron chi connectivity index (χ3n) is 2.54. The molecule has 6 nitrogen and oxygen atoms in total. The maximum Gasteiger partial charge on any atom is 0.326 e. The Balaban J connectivity index is 2.22. The number of aliphatic carboxylic acids is 1. The molecule has 2 aromatic rings. The predicted octanol–water partition coefficient (Wildman–Crippen LogP) is 1.69. The molecule has 0 saturated carbocycles. The Hall–Kier alpha value is -2.24. The Kier molecular flexibility index (Phi) is 3.66. The van der Waals surface area contributed by atoms with Gasteiger partial charge in [0.05, 0.1) is 5.52 Å². The molecule has 0 aliphatic rings. The number of aromatic nitrogens is 3. The largest absolute Gasteiger partial charge is 0.480 e. The number of hydrogen-bond acceptors (Lipinski definition) is 5. The first-order valence-corrected chi connectivity index (χ1v) is 5.79. The van der Waals surface area contributed by atoms with E-state index in [1.807, 2.05) is 25.1 Å². The van der Waals surface area contributed by atoms with Gasteiger partial charge in [-0.1, -0.05) is 25.5 Å². The summed E-state index contributed by atoms with van der Waals surface area (Å²) in [7, 11) is 0. The molecule has 6 heteroatoms. The number of carboxylic acids is 1. The lowest BCUT2D eigenvalue weighted by atomic mass is 10.2. The van der Waals surface area contributed by atoms with Crippen LogP contribution in [0.4, 0.5) is 5.95 Å². The van der Waals surface area contributed by atoms with Gasteiger partial charge in [-0.25, -0.2) is 9.78 Å². The van der Waals surface area contributed by atoms with Crippen molar-refractivity contribution in [1.29, 1.82) is 0 Å². The van der Waals surface area contributed by atoms with Crippen molar-refractivity contribution in [3.05, 3.63) is 24.3 Å². The van der Waals surface area contributed by atoms with Crippen LogP contribution in [0.3, 0.4) is 0 Å². The second-order valence-corrected chi connectivity index (χ2v) is 3.95. The summed E-state index contributed by atoms with van der Waals surface area (Å²) >= 11 is 0. The molecular weight excluding hydrogens is 232 g/mol. The highest BCUT2D eigenvalue weighted by atomic mass is 16.4. The number of rotatable bonds is 5. The van der Waals surface area contributed by atoms with Crippen LogP contribution in [0.15, 0.2) is 24.3 Å². The van der Waals surface area contributed by atoms with Crippen LogP contribution < -0.4 is 5.32 Å². The number of nitrogens with one attached hydrogen (secondary N) is 1. The lowest BCUT2D eigenvalue weighted by molar-refractivity contribution is -0.138. The third-order valence-corrected chi connectivity index (χ3v) is 2.54. The van der Waals surface area contributed by atoms with Crippen LogP contribution in [0.2, 0.25) is 0 Å². The Morgan fingerprint density at radius 2 is 2.06 bits per heavy atom. The van der Waals surface area contributed by atoms with Crippen molar-refractivity contribution in [2.45, 2.75) is 25.8 Å². The van der Waals surface area contributed by atoms with Crippen LogP contribution in [-0.4, -0.2) is 32.3 Å². The van der Waals surface area contributed by atoms with Crippen LogP contribution in [0, 0.1) is 0 Å². The van der Waals surface area contributed by atoms with Crippen molar-refractivity contribution in [2.75, 3.05) is 5.32 Å². The van der Waals surface area contributed by atoms with Gasteiger partial charge in [-0.2, -0.15) is 0 Å². The molecule has 0 fully saturated rings. The molecule has 0 amide bonds. The van der Waals surface area contributed by atoms with Crippen molar-refractivity contribution < 1.29 is 9.90 Å². The summed E-state index contributed by atoms with van der Waals surface area (Å²) < 4.78 is 0. The van der Waals surface area contributed by atoms with E-state index in [0.717, 1.165) is 6.42 Å². The Morgan fingerprint density at radius 1 is 1.33 bits per heavy atom. The van der Waals surface area contributed by atoms with E-state index < -0.39 is 12.0 Å². The first-order valence-electron chi connectivity index (χ1n) is 5.79. The number of nitrogens with zero attached hydrogens (tertiary/aromatic N) is 3. The molecule has 0 spiro atoms. The maximum atomic E-state index is 11.0. The zero-order valence-corrected chi connectivity index (χ0v) is 10.00. The molecule has 0 bridgehead atoms. The van der Waals surface area contributed by atoms with Crippen molar-refractivity contribution in [2.24, 2.45) is 0 Å². The topological polar surface area (TPSA) is 88.0 Å². The summed E-state index contributed by atoms with van der Waals surface area (Å²) in [5, 5.41) is 19.7. The third kappa shape index (κ3) is 2.71. The minimum atomic E-state index is -0.909. The van der Waals surface area contributed by atoms with E-state index in [9.17, 15) is 4.79 Å². The van der Waals surface area contributed by atoms with Crippen molar-refractivity contribution in [3.8, 4) is 0 Å². The predicted molar refractivity (Wildman–Crippen MR) is 67.3 cm³/mol. The quantitative estimate of drug-likeness (QED) is 0.834. The zero-order valence-electron chi connectivity index (χ0n) is 10.00. The van der Waals surface area contributed by atoms with Crippen LogP contribution in [0.5, 0.6) is 0 Å². The SMILES string of the molecule is CCCC(Nc1nnc2ccccc2n1)C(=O)O. The highest BCUT2D eigenvalue weighted by Crippen LogP contribution is 2.10. The second-order valence-electron chi connectivity index (χ2n) is 3.95. The number of benzene rings is 1. The van der Waals surface area contributed by atoms with Gasteiger partial charge in [-0.15, -0.1) is 10.2 Å². The molecule has 18 heavy (non-hydrogen) atoms. The van der Waals surface area contributed by atoms with Gasteiger partial charge >= 0.3 is 5.97 Å². The summed E-state index contributed by atoms with van der Waals surface area (Å²) in [5.41, 5.74) is 1.38. The highest BCUT2D eigenvalue weighted by Gasteiger charge is 2.17. The summed E-state index contributed by atoms with van der Waals surface area (Å²) in [6, 6.07) is 6.63. The van der Waals surface area contributed by atoms with Gasteiger partial charge in [0.25, 0.3) is 0 Å². The fourth-order valence-electron chi connectivity index (χ4n) is 1.64. The molecule has 0 aliphatic carbocycles. The summed E-state index contributed by atoms with van der Waals surface area (Å²) in [6.45, 7) is 1.93. The van der Waals surface area contributed by atoms with Crippen LogP contribution in [-0.2, 0) is 4.79 Å². The van der Waals surface area contributed by atoms with Crippen molar-refractivity contribution in [1.82, 2.24) is 15.2 Å². The Morgan fingerprint density at radius 3 is 2.72 bits per heavy atom. The second kappa shape index (κ2) is 5.39. The standard InChI is InChI=1S/C12H14N4O2/c1-2-5-10(11(17)18)14-12-13-8-6-3-4-7-9(8)15-16-12/h3-4,6-7,10H,2,5H2,1H3,(H,17,18)(H,13,14,16). The smallest absolute Gasteiger partial charge is 0.326 e. The number of carbonyl (C=O) groups is 1. The van der Waals surface area contributed by atoms with Gasteiger partial charge in [0, 0.05) is 0 Å². The molecule has 1 aromatic heterocycles. The number of para-hydroxylation sites is 1. The van der Waals surface area contributed by atoms with Gasteiger partial charge < -0.3 is 10.4 Å². The molecule has 0 aliphatic heterocycles.